The van der Waals surface area contributed by atoms with Gasteiger partial charge in [-0.05, 0) is 62.3 Å². The van der Waals surface area contributed by atoms with Crippen molar-refractivity contribution in [1.82, 2.24) is 4.90 Å². The lowest BCUT2D eigenvalue weighted by atomic mass is 9.85. The lowest BCUT2D eigenvalue weighted by molar-refractivity contribution is -0.124. The summed E-state index contributed by atoms with van der Waals surface area (Å²) >= 11 is 0. The fraction of sp³-hybridized carbons (Fsp3) is 0.552. The quantitative estimate of drug-likeness (QED) is 0.707. The summed E-state index contributed by atoms with van der Waals surface area (Å²) in [6.07, 6.45) is 4.81. The van der Waals surface area contributed by atoms with Crippen LogP contribution in [-0.4, -0.2) is 74.0 Å². The van der Waals surface area contributed by atoms with Gasteiger partial charge in [-0.25, -0.2) is 0 Å². The van der Waals surface area contributed by atoms with E-state index >= 15 is 0 Å². The minimum absolute atomic E-state index is 0.0189. The molecule has 1 aliphatic carbocycles. The van der Waals surface area contributed by atoms with E-state index in [0.717, 1.165) is 94.1 Å². The zero-order valence-electron chi connectivity index (χ0n) is 21.0. The first kappa shape index (κ1) is 23.6. The van der Waals surface area contributed by atoms with E-state index in [1.54, 1.807) is 0 Å². The second-order valence-electron chi connectivity index (χ2n) is 10.6. The minimum Gasteiger partial charge on any atom is -0.486 e. The zero-order valence-corrected chi connectivity index (χ0v) is 21.0. The summed E-state index contributed by atoms with van der Waals surface area (Å²) in [5, 5.41) is 9.96. The van der Waals surface area contributed by atoms with Gasteiger partial charge in [-0.2, -0.15) is 0 Å². The largest absolute Gasteiger partial charge is 0.486 e. The van der Waals surface area contributed by atoms with Crippen molar-refractivity contribution in [2.24, 2.45) is 5.92 Å². The number of aliphatic hydroxyl groups is 1. The van der Waals surface area contributed by atoms with Gasteiger partial charge in [0.25, 0.3) is 0 Å². The molecule has 1 unspecified atom stereocenters. The van der Waals surface area contributed by atoms with Crippen LogP contribution in [0.15, 0.2) is 42.5 Å². The highest BCUT2D eigenvalue weighted by Gasteiger charge is 2.37. The number of nitrogens with zero attached hydrogens (tertiary/aromatic N) is 3. The van der Waals surface area contributed by atoms with Crippen molar-refractivity contribution in [3.63, 3.8) is 0 Å². The molecule has 2 aromatic rings. The predicted molar refractivity (Wildman–Crippen MR) is 140 cm³/mol. The summed E-state index contributed by atoms with van der Waals surface area (Å²) in [4.78, 5) is 20.9. The number of amides is 1. The van der Waals surface area contributed by atoms with Gasteiger partial charge in [-0.1, -0.05) is 24.3 Å². The van der Waals surface area contributed by atoms with Crippen LogP contribution in [0, 0.1) is 5.92 Å². The maximum Gasteiger partial charge on any atom is 0.230 e. The molecule has 7 nitrogen and oxygen atoms in total. The number of carbonyl (C=O) groups excluding carboxylic acids is 1. The number of para-hydroxylation sites is 2. The molecule has 7 heteroatoms. The van der Waals surface area contributed by atoms with Gasteiger partial charge in [0, 0.05) is 50.4 Å². The second-order valence-corrected chi connectivity index (χ2v) is 10.6. The van der Waals surface area contributed by atoms with Crippen molar-refractivity contribution < 1.29 is 19.4 Å². The number of fused-ring (bicyclic) bond motifs is 2. The number of hydrogen-bond donors (Lipinski definition) is 1. The average molecular weight is 492 g/mol. The van der Waals surface area contributed by atoms with Crippen LogP contribution in [0.2, 0.25) is 0 Å². The normalized spacial score (nSPS) is 26.4. The molecule has 1 saturated heterocycles. The summed E-state index contributed by atoms with van der Waals surface area (Å²) in [7, 11) is 0. The molecule has 36 heavy (non-hydrogen) atoms. The molecule has 0 aromatic heterocycles. The number of carbonyl (C=O) groups is 1. The Labute approximate surface area is 213 Å². The van der Waals surface area contributed by atoms with Crippen molar-refractivity contribution in [2.45, 2.75) is 50.7 Å². The molecule has 0 bridgehead atoms. The molecule has 1 saturated carbocycles. The first-order chi connectivity index (χ1) is 17.7. The maximum absolute atomic E-state index is 13.8. The summed E-state index contributed by atoms with van der Waals surface area (Å²) in [5.74, 6) is 1.98. The van der Waals surface area contributed by atoms with Gasteiger partial charge in [0.1, 0.15) is 13.2 Å². The Hall–Kier alpha value is -2.77. The Morgan fingerprint density at radius 2 is 1.61 bits per heavy atom. The lowest BCUT2D eigenvalue weighted by Gasteiger charge is -2.44. The van der Waals surface area contributed by atoms with E-state index in [0.29, 0.717) is 13.2 Å². The molecular formula is C29H37N3O4. The fourth-order valence-electron chi connectivity index (χ4n) is 6.37. The van der Waals surface area contributed by atoms with E-state index in [2.05, 4.69) is 45.0 Å². The minimum atomic E-state index is -0.248. The summed E-state index contributed by atoms with van der Waals surface area (Å²) in [6.45, 7) is 5.87. The third-order valence-electron chi connectivity index (χ3n) is 8.37. The molecule has 192 valence electrons. The molecule has 2 fully saturated rings. The van der Waals surface area contributed by atoms with Gasteiger partial charge in [0.15, 0.2) is 11.5 Å². The smallest absolute Gasteiger partial charge is 0.230 e. The second kappa shape index (κ2) is 10.3. The van der Waals surface area contributed by atoms with Gasteiger partial charge in [-0.15, -0.1) is 0 Å². The van der Waals surface area contributed by atoms with Crippen LogP contribution >= 0.6 is 0 Å². The highest BCUT2D eigenvalue weighted by Crippen LogP contribution is 2.40. The third kappa shape index (κ3) is 4.66. The van der Waals surface area contributed by atoms with Gasteiger partial charge in [0.2, 0.25) is 5.91 Å². The van der Waals surface area contributed by atoms with E-state index < -0.39 is 0 Å². The van der Waals surface area contributed by atoms with Crippen molar-refractivity contribution >= 4 is 17.3 Å². The Balaban J connectivity index is 1.15. The van der Waals surface area contributed by atoms with Crippen molar-refractivity contribution in [2.75, 3.05) is 55.7 Å². The molecule has 1 N–H and O–H groups in total. The van der Waals surface area contributed by atoms with Crippen LogP contribution in [-0.2, 0) is 11.2 Å². The van der Waals surface area contributed by atoms with E-state index in [9.17, 15) is 9.90 Å². The van der Waals surface area contributed by atoms with Crippen LogP contribution in [0.5, 0.6) is 11.5 Å². The SMILES string of the molecule is O=C(C1CCC(O)CC1)N1c2ccccc2CCC1CN1CCN(c2cccc3c2OCCO3)CC1. The van der Waals surface area contributed by atoms with Gasteiger partial charge >= 0.3 is 0 Å². The Morgan fingerprint density at radius 1 is 0.861 bits per heavy atom. The van der Waals surface area contributed by atoms with E-state index in [4.69, 9.17) is 9.47 Å². The monoisotopic (exact) mass is 491 g/mol. The summed E-state index contributed by atoms with van der Waals surface area (Å²) in [5.41, 5.74) is 3.49. The molecule has 3 aliphatic heterocycles. The van der Waals surface area contributed by atoms with Crippen LogP contribution in [0.25, 0.3) is 0 Å². The van der Waals surface area contributed by atoms with Gasteiger partial charge in [0.05, 0.1) is 11.8 Å². The highest BCUT2D eigenvalue weighted by molar-refractivity contribution is 5.97. The van der Waals surface area contributed by atoms with Crippen LogP contribution in [0.3, 0.4) is 0 Å². The van der Waals surface area contributed by atoms with E-state index in [1.807, 2.05) is 12.1 Å². The molecule has 2 aromatic carbocycles. The molecule has 6 rings (SSSR count). The standard InChI is InChI=1S/C29H37N3O4/c33-24-12-9-22(10-13-24)29(34)32-23(11-8-21-4-1-2-5-25(21)32)20-30-14-16-31(17-15-30)26-6-3-7-27-28(26)36-19-18-35-27/h1-7,22-24,33H,8-20H2. The van der Waals surface area contributed by atoms with E-state index in [1.165, 1.54) is 5.56 Å². The number of piperazine rings is 1. The van der Waals surface area contributed by atoms with Crippen molar-refractivity contribution in [3.8, 4) is 11.5 Å². The Morgan fingerprint density at radius 3 is 2.44 bits per heavy atom. The van der Waals surface area contributed by atoms with Gasteiger partial charge in [-0.3, -0.25) is 9.69 Å². The number of aryl methyl sites for hydroxylation is 1. The molecule has 3 heterocycles. The lowest BCUT2D eigenvalue weighted by Crippen LogP contribution is -2.55. The average Bonchev–Trinajstić information content (AvgIpc) is 2.93. The fourth-order valence-corrected chi connectivity index (χ4v) is 6.37. The number of rotatable bonds is 4. The number of benzene rings is 2. The summed E-state index contributed by atoms with van der Waals surface area (Å²) in [6, 6.07) is 14.8. The molecule has 1 amide bonds. The van der Waals surface area contributed by atoms with Gasteiger partial charge < -0.3 is 24.4 Å². The third-order valence-corrected chi connectivity index (χ3v) is 8.37. The number of hydrogen-bond acceptors (Lipinski definition) is 6. The van der Waals surface area contributed by atoms with E-state index in [-0.39, 0.29) is 24.0 Å². The molecular weight excluding hydrogens is 454 g/mol. The van der Waals surface area contributed by atoms with Crippen LogP contribution in [0.4, 0.5) is 11.4 Å². The maximum atomic E-state index is 13.8. The number of aliphatic hydroxyl groups excluding tert-OH is 1. The first-order valence-corrected chi connectivity index (χ1v) is 13.6. The van der Waals surface area contributed by atoms with Crippen LogP contribution in [0.1, 0.15) is 37.7 Å². The molecule has 0 radical (unpaired) electrons. The summed E-state index contributed by atoms with van der Waals surface area (Å²) < 4.78 is 11.7. The molecule has 0 spiro atoms. The highest BCUT2D eigenvalue weighted by atomic mass is 16.6. The topological polar surface area (TPSA) is 65.5 Å². The van der Waals surface area contributed by atoms with Crippen molar-refractivity contribution in [3.05, 3.63) is 48.0 Å². The van der Waals surface area contributed by atoms with Crippen LogP contribution < -0.4 is 19.3 Å². The number of anilines is 2. The first-order valence-electron chi connectivity index (χ1n) is 13.6. The van der Waals surface area contributed by atoms with Crippen molar-refractivity contribution in [1.29, 1.82) is 0 Å². The molecule has 4 aliphatic rings. The zero-order chi connectivity index (χ0) is 24.5. The molecule has 1 atom stereocenters. The predicted octanol–water partition coefficient (Wildman–Crippen LogP) is 3.48. The number of ether oxygens (including phenoxy) is 2. The Bertz CT molecular complexity index is 1080. The Kier molecular flexibility index (Phi) is 6.76.